The van der Waals surface area contributed by atoms with Crippen molar-refractivity contribution in [1.29, 1.82) is 0 Å². The van der Waals surface area contributed by atoms with E-state index in [-0.39, 0.29) is 23.1 Å². The lowest BCUT2D eigenvalue weighted by Gasteiger charge is -2.33. The van der Waals surface area contributed by atoms with E-state index in [9.17, 15) is 9.59 Å². The summed E-state index contributed by atoms with van der Waals surface area (Å²) in [5.74, 6) is 0.765. The average molecular weight is 330 g/mol. The van der Waals surface area contributed by atoms with Gasteiger partial charge in [-0.3, -0.25) is 9.59 Å². The summed E-state index contributed by atoms with van der Waals surface area (Å²) in [7, 11) is 0. The molecule has 2 unspecified atom stereocenters. The van der Waals surface area contributed by atoms with Gasteiger partial charge in [-0.2, -0.15) is 0 Å². The van der Waals surface area contributed by atoms with Crippen molar-refractivity contribution < 1.29 is 9.59 Å². The van der Waals surface area contributed by atoms with Crippen LogP contribution >= 0.6 is 11.8 Å². The largest absolute Gasteiger partial charge is 0.352 e. The van der Waals surface area contributed by atoms with Crippen molar-refractivity contribution in [2.24, 2.45) is 0 Å². The molecule has 0 spiro atoms. The number of amides is 2. The number of nitrogens with one attached hydrogen (secondary N) is 1. The second kappa shape index (κ2) is 7.21. The Morgan fingerprint density at radius 3 is 2.87 bits per heavy atom. The van der Waals surface area contributed by atoms with E-state index in [0.29, 0.717) is 13.1 Å². The van der Waals surface area contributed by atoms with Gasteiger partial charge < -0.3 is 10.2 Å². The Hall–Kier alpha value is -1.75. The quantitative estimate of drug-likeness (QED) is 0.860. The van der Waals surface area contributed by atoms with Crippen LogP contribution in [0, 0.1) is 0 Å². The average Bonchev–Trinajstić information content (AvgIpc) is 2.61. The fourth-order valence-corrected chi connectivity index (χ4v) is 4.37. The van der Waals surface area contributed by atoms with Crippen LogP contribution in [0.5, 0.6) is 0 Å². The van der Waals surface area contributed by atoms with Crippen LogP contribution in [-0.2, 0) is 22.4 Å². The highest BCUT2D eigenvalue weighted by Gasteiger charge is 2.30. The van der Waals surface area contributed by atoms with Crippen molar-refractivity contribution in [3.63, 3.8) is 0 Å². The molecule has 1 aromatic carbocycles. The molecule has 1 N–H and O–H groups in total. The highest BCUT2D eigenvalue weighted by molar-refractivity contribution is 8.00. The topological polar surface area (TPSA) is 49.4 Å². The predicted octanol–water partition coefficient (Wildman–Crippen LogP) is 1.79. The first-order valence-corrected chi connectivity index (χ1v) is 9.12. The van der Waals surface area contributed by atoms with Gasteiger partial charge in [0.2, 0.25) is 11.8 Å². The highest BCUT2D eigenvalue weighted by atomic mass is 32.2. The number of aryl methyl sites for hydroxylation is 1. The van der Waals surface area contributed by atoms with E-state index in [1.54, 1.807) is 16.7 Å². The molecule has 5 heteroatoms. The summed E-state index contributed by atoms with van der Waals surface area (Å²) in [6, 6.07) is 8.64. The van der Waals surface area contributed by atoms with Gasteiger partial charge in [-0.25, -0.2) is 0 Å². The van der Waals surface area contributed by atoms with Crippen LogP contribution in [0.15, 0.2) is 36.9 Å². The minimum atomic E-state index is -0.176. The molecular weight excluding hydrogens is 308 g/mol. The Labute approximate surface area is 141 Å². The summed E-state index contributed by atoms with van der Waals surface area (Å²) in [6.07, 6.45) is 4.22. The van der Waals surface area contributed by atoms with Crippen molar-refractivity contribution in [2.75, 3.05) is 18.8 Å². The van der Waals surface area contributed by atoms with E-state index >= 15 is 0 Å². The van der Waals surface area contributed by atoms with Crippen molar-refractivity contribution in [2.45, 2.75) is 30.6 Å². The summed E-state index contributed by atoms with van der Waals surface area (Å²) in [5.41, 5.74) is 2.73. The van der Waals surface area contributed by atoms with Gasteiger partial charge in [0, 0.05) is 24.9 Å². The van der Waals surface area contributed by atoms with Gasteiger partial charge in [0.15, 0.2) is 0 Å². The molecule has 23 heavy (non-hydrogen) atoms. The molecule has 1 aromatic rings. The first-order valence-electron chi connectivity index (χ1n) is 8.07. The molecule has 3 rings (SSSR count). The Balaban J connectivity index is 1.57. The van der Waals surface area contributed by atoms with Gasteiger partial charge >= 0.3 is 0 Å². The van der Waals surface area contributed by atoms with E-state index in [1.807, 2.05) is 0 Å². The maximum absolute atomic E-state index is 12.5. The number of hydrogen-bond acceptors (Lipinski definition) is 3. The summed E-state index contributed by atoms with van der Waals surface area (Å²) in [4.78, 5) is 26.0. The van der Waals surface area contributed by atoms with Crippen molar-refractivity contribution in [1.82, 2.24) is 10.2 Å². The van der Waals surface area contributed by atoms with Gasteiger partial charge in [-0.05, 0) is 36.5 Å². The zero-order chi connectivity index (χ0) is 16.2. The second-order valence-corrected chi connectivity index (χ2v) is 7.38. The molecular formula is C18H22N2O2S. The number of benzene rings is 1. The Bertz CT molecular complexity index is 617. The Morgan fingerprint density at radius 2 is 2.09 bits per heavy atom. The first kappa shape index (κ1) is 16.1. The normalized spacial score (nSPS) is 23.7. The summed E-state index contributed by atoms with van der Waals surface area (Å²) >= 11 is 1.64. The Morgan fingerprint density at radius 1 is 1.30 bits per heavy atom. The predicted molar refractivity (Wildman–Crippen MR) is 93.4 cm³/mol. The minimum Gasteiger partial charge on any atom is -0.352 e. The SMILES string of the molecule is C=CC(=O)N1CCSC(C(=O)NC2CCc3ccccc3C2)C1. The van der Waals surface area contributed by atoms with Crippen molar-refractivity contribution in [3.8, 4) is 0 Å². The second-order valence-electron chi connectivity index (χ2n) is 6.06. The zero-order valence-corrected chi connectivity index (χ0v) is 14.0. The van der Waals surface area contributed by atoms with Crippen LogP contribution in [-0.4, -0.2) is 46.8 Å². The van der Waals surface area contributed by atoms with Crippen LogP contribution in [0.2, 0.25) is 0 Å². The zero-order valence-electron chi connectivity index (χ0n) is 13.2. The number of thioether (sulfide) groups is 1. The lowest BCUT2D eigenvalue weighted by Crippen LogP contribution is -2.50. The molecule has 2 atom stereocenters. The van der Waals surface area contributed by atoms with E-state index in [2.05, 4.69) is 36.2 Å². The fraction of sp³-hybridized carbons (Fsp3) is 0.444. The first-order chi connectivity index (χ1) is 11.2. The van der Waals surface area contributed by atoms with Crippen LogP contribution in [0.3, 0.4) is 0 Å². The van der Waals surface area contributed by atoms with Crippen LogP contribution in [0.25, 0.3) is 0 Å². The van der Waals surface area contributed by atoms with Crippen LogP contribution < -0.4 is 5.32 Å². The molecule has 1 heterocycles. The molecule has 1 saturated heterocycles. The molecule has 2 aliphatic rings. The minimum absolute atomic E-state index is 0.0564. The molecule has 0 radical (unpaired) electrons. The van der Waals surface area contributed by atoms with Gasteiger partial charge in [0.05, 0.1) is 0 Å². The number of carbonyl (C=O) groups is 2. The highest BCUT2D eigenvalue weighted by Crippen LogP contribution is 2.23. The van der Waals surface area contributed by atoms with Crippen molar-refractivity contribution in [3.05, 3.63) is 48.0 Å². The lowest BCUT2D eigenvalue weighted by atomic mass is 9.88. The molecule has 1 fully saturated rings. The number of rotatable bonds is 3. The van der Waals surface area contributed by atoms with Gasteiger partial charge in [0.25, 0.3) is 0 Å². The van der Waals surface area contributed by atoms with Crippen molar-refractivity contribution >= 4 is 23.6 Å². The van der Waals surface area contributed by atoms with Crippen LogP contribution in [0.4, 0.5) is 0 Å². The molecule has 4 nitrogen and oxygen atoms in total. The smallest absolute Gasteiger partial charge is 0.246 e. The number of nitrogens with zero attached hydrogens (tertiary/aromatic N) is 1. The molecule has 0 saturated carbocycles. The third-order valence-corrected chi connectivity index (χ3v) is 5.72. The lowest BCUT2D eigenvalue weighted by molar-refractivity contribution is -0.127. The molecule has 0 aromatic heterocycles. The molecule has 1 aliphatic heterocycles. The van der Waals surface area contributed by atoms with Gasteiger partial charge in [-0.15, -0.1) is 11.8 Å². The number of carbonyl (C=O) groups excluding carboxylic acids is 2. The maximum atomic E-state index is 12.5. The van der Waals surface area contributed by atoms with E-state index in [0.717, 1.165) is 25.0 Å². The summed E-state index contributed by atoms with van der Waals surface area (Å²) < 4.78 is 0. The summed E-state index contributed by atoms with van der Waals surface area (Å²) in [6.45, 7) is 4.69. The van der Waals surface area contributed by atoms with E-state index in [4.69, 9.17) is 0 Å². The third kappa shape index (κ3) is 3.78. The molecule has 2 amide bonds. The van der Waals surface area contributed by atoms with E-state index < -0.39 is 0 Å². The molecule has 122 valence electrons. The van der Waals surface area contributed by atoms with E-state index in [1.165, 1.54) is 17.2 Å². The number of fused-ring (bicyclic) bond motifs is 1. The third-order valence-electron chi connectivity index (χ3n) is 4.54. The van der Waals surface area contributed by atoms with Gasteiger partial charge in [-0.1, -0.05) is 30.8 Å². The van der Waals surface area contributed by atoms with Crippen LogP contribution in [0.1, 0.15) is 17.5 Å². The monoisotopic (exact) mass is 330 g/mol. The standard InChI is InChI=1S/C18H22N2O2S/c1-2-17(21)20-9-10-23-16(12-20)18(22)19-15-8-7-13-5-3-4-6-14(13)11-15/h2-6,15-16H,1,7-12H2,(H,19,22). The number of hydrogen-bond donors (Lipinski definition) is 1. The molecule has 1 aliphatic carbocycles. The maximum Gasteiger partial charge on any atom is 0.246 e. The van der Waals surface area contributed by atoms with Gasteiger partial charge in [0.1, 0.15) is 5.25 Å². The summed E-state index contributed by atoms with van der Waals surface area (Å²) in [5, 5.41) is 3.01. The molecule has 0 bridgehead atoms. The Kier molecular flexibility index (Phi) is 5.06. The fourth-order valence-electron chi connectivity index (χ4n) is 3.25.